The van der Waals surface area contributed by atoms with E-state index in [1.165, 1.54) is 0 Å². The lowest BCUT2D eigenvalue weighted by Crippen LogP contribution is -2.19. The third kappa shape index (κ3) is 3.67. The van der Waals surface area contributed by atoms with Gasteiger partial charge in [0, 0.05) is 22.8 Å². The highest BCUT2D eigenvalue weighted by molar-refractivity contribution is 6.30. The van der Waals surface area contributed by atoms with E-state index in [9.17, 15) is 0 Å². The first-order valence-corrected chi connectivity index (χ1v) is 7.47. The van der Waals surface area contributed by atoms with Gasteiger partial charge in [-0.25, -0.2) is 4.98 Å². The zero-order valence-corrected chi connectivity index (χ0v) is 13.2. The van der Waals surface area contributed by atoms with E-state index in [1.54, 1.807) is 24.4 Å². The van der Waals surface area contributed by atoms with Crippen molar-refractivity contribution in [3.63, 3.8) is 0 Å². The summed E-state index contributed by atoms with van der Waals surface area (Å²) in [5, 5.41) is 16.7. The molecule has 1 atom stereocenters. The van der Waals surface area contributed by atoms with Crippen molar-refractivity contribution in [1.29, 1.82) is 0 Å². The lowest BCUT2D eigenvalue weighted by Gasteiger charge is -2.10. The maximum absolute atomic E-state index is 9.03. The molecule has 2 heterocycles. The Morgan fingerprint density at radius 1 is 1.26 bits per heavy atom. The van der Waals surface area contributed by atoms with Gasteiger partial charge in [0.2, 0.25) is 5.82 Å². The summed E-state index contributed by atoms with van der Waals surface area (Å²) < 4.78 is 5.28. The predicted octanol–water partition coefficient (Wildman–Crippen LogP) is 3.24. The maximum Gasteiger partial charge on any atom is 0.259 e. The van der Waals surface area contributed by atoms with Crippen molar-refractivity contribution in [2.24, 2.45) is 0 Å². The fraction of sp³-hybridized carbons (Fsp3) is 0.188. The van der Waals surface area contributed by atoms with Gasteiger partial charge in [-0.15, -0.1) is 0 Å². The van der Waals surface area contributed by atoms with Gasteiger partial charge in [0.1, 0.15) is 5.82 Å². The molecule has 1 unspecified atom stereocenters. The molecule has 6 nitrogen and oxygen atoms in total. The van der Waals surface area contributed by atoms with Gasteiger partial charge in [-0.2, -0.15) is 4.98 Å². The summed E-state index contributed by atoms with van der Waals surface area (Å²) in [6.45, 7) is 1.90. The van der Waals surface area contributed by atoms with Crippen LogP contribution in [0.2, 0.25) is 5.02 Å². The molecule has 0 amide bonds. The minimum atomic E-state index is -0.0637. The zero-order chi connectivity index (χ0) is 16.2. The van der Waals surface area contributed by atoms with Crippen molar-refractivity contribution < 1.29 is 9.63 Å². The first kappa shape index (κ1) is 15.5. The van der Waals surface area contributed by atoms with Gasteiger partial charge >= 0.3 is 0 Å². The van der Waals surface area contributed by atoms with Crippen LogP contribution in [-0.4, -0.2) is 32.9 Å². The van der Waals surface area contributed by atoms with E-state index in [0.717, 1.165) is 5.56 Å². The maximum atomic E-state index is 9.03. The molecule has 2 aromatic heterocycles. The molecule has 0 bridgehead atoms. The standard InChI is InChI=1S/C16H15ClN4O2/c1-10(9-22)19-14-6-5-12(8-18-14)16-20-15(21-23-16)11-3-2-4-13(17)7-11/h2-8,10,22H,9H2,1H3,(H,18,19). The smallest absolute Gasteiger partial charge is 0.259 e. The Morgan fingerprint density at radius 2 is 2.13 bits per heavy atom. The number of nitrogens with zero attached hydrogens (tertiary/aromatic N) is 3. The summed E-state index contributed by atoms with van der Waals surface area (Å²) in [6.07, 6.45) is 1.64. The van der Waals surface area contributed by atoms with Crippen LogP contribution in [0, 0.1) is 0 Å². The van der Waals surface area contributed by atoms with Crippen LogP contribution in [0.1, 0.15) is 6.92 Å². The molecule has 2 N–H and O–H groups in total. The Morgan fingerprint density at radius 3 is 2.83 bits per heavy atom. The van der Waals surface area contributed by atoms with Gasteiger partial charge in [-0.1, -0.05) is 28.9 Å². The van der Waals surface area contributed by atoms with E-state index in [1.807, 2.05) is 25.1 Å². The Kier molecular flexibility index (Phi) is 4.55. The van der Waals surface area contributed by atoms with E-state index in [2.05, 4.69) is 20.4 Å². The Hall–Kier alpha value is -2.44. The molecule has 3 aromatic rings. The molecule has 0 aliphatic carbocycles. The lowest BCUT2D eigenvalue weighted by atomic mass is 10.2. The highest BCUT2D eigenvalue weighted by Crippen LogP contribution is 2.24. The molecule has 0 aliphatic rings. The van der Waals surface area contributed by atoms with Crippen LogP contribution in [-0.2, 0) is 0 Å². The summed E-state index contributed by atoms with van der Waals surface area (Å²) in [5.41, 5.74) is 1.50. The fourth-order valence-corrected chi connectivity index (χ4v) is 2.18. The van der Waals surface area contributed by atoms with E-state index < -0.39 is 0 Å². The number of aromatic nitrogens is 3. The first-order chi connectivity index (χ1) is 11.2. The second kappa shape index (κ2) is 6.76. The second-order valence-electron chi connectivity index (χ2n) is 5.09. The molecule has 0 saturated carbocycles. The number of anilines is 1. The number of pyridine rings is 1. The van der Waals surface area contributed by atoms with Crippen LogP contribution in [0.15, 0.2) is 47.1 Å². The minimum Gasteiger partial charge on any atom is -0.394 e. The molecule has 0 saturated heterocycles. The molecular weight excluding hydrogens is 316 g/mol. The number of nitrogens with one attached hydrogen (secondary N) is 1. The average Bonchev–Trinajstić information content (AvgIpc) is 3.05. The number of aliphatic hydroxyl groups excluding tert-OH is 1. The van der Waals surface area contributed by atoms with Crippen molar-refractivity contribution in [2.45, 2.75) is 13.0 Å². The molecule has 0 aliphatic heterocycles. The van der Waals surface area contributed by atoms with Crippen LogP contribution in [0.4, 0.5) is 5.82 Å². The first-order valence-electron chi connectivity index (χ1n) is 7.09. The van der Waals surface area contributed by atoms with Gasteiger partial charge in [0.25, 0.3) is 5.89 Å². The van der Waals surface area contributed by atoms with Crippen molar-refractivity contribution in [2.75, 3.05) is 11.9 Å². The third-order valence-electron chi connectivity index (χ3n) is 3.19. The fourth-order valence-electron chi connectivity index (χ4n) is 1.99. The van der Waals surface area contributed by atoms with E-state index in [-0.39, 0.29) is 12.6 Å². The third-order valence-corrected chi connectivity index (χ3v) is 3.42. The summed E-state index contributed by atoms with van der Waals surface area (Å²) in [5.74, 6) is 1.53. The van der Waals surface area contributed by atoms with Crippen LogP contribution >= 0.6 is 11.6 Å². The van der Waals surface area contributed by atoms with Crippen molar-refractivity contribution in [3.8, 4) is 22.8 Å². The highest BCUT2D eigenvalue weighted by atomic mass is 35.5. The quantitative estimate of drug-likeness (QED) is 0.747. The predicted molar refractivity (Wildman–Crippen MR) is 88.1 cm³/mol. The van der Waals surface area contributed by atoms with Crippen LogP contribution < -0.4 is 5.32 Å². The van der Waals surface area contributed by atoms with E-state index in [4.69, 9.17) is 21.2 Å². The van der Waals surface area contributed by atoms with Crippen molar-refractivity contribution in [1.82, 2.24) is 15.1 Å². The van der Waals surface area contributed by atoms with Crippen LogP contribution in [0.3, 0.4) is 0 Å². The number of rotatable bonds is 5. The molecule has 0 fully saturated rings. The number of hydrogen-bond acceptors (Lipinski definition) is 6. The van der Waals surface area contributed by atoms with Crippen LogP contribution in [0.25, 0.3) is 22.8 Å². The largest absolute Gasteiger partial charge is 0.394 e. The number of hydrogen-bond donors (Lipinski definition) is 2. The molecule has 0 spiro atoms. The van der Waals surface area contributed by atoms with Crippen molar-refractivity contribution in [3.05, 3.63) is 47.6 Å². The van der Waals surface area contributed by atoms with Gasteiger partial charge in [0.15, 0.2) is 0 Å². The summed E-state index contributed by atoms with van der Waals surface area (Å²) >= 11 is 5.97. The van der Waals surface area contributed by atoms with E-state index in [0.29, 0.717) is 28.1 Å². The lowest BCUT2D eigenvalue weighted by molar-refractivity contribution is 0.281. The number of aliphatic hydroxyl groups is 1. The minimum absolute atomic E-state index is 0.0378. The SMILES string of the molecule is CC(CO)Nc1ccc(-c2nc(-c3cccc(Cl)c3)no2)cn1. The normalized spacial score (nSPS) is 12.1. The molecule has 3 rings (SSSR count). The Bertz CT molecular complexity index is 789. The van der Waals surface area contributed by atoms with E-state index >= 15 is 0 Å². The Labute approximate surface area is 138 Å². The zero-order valence-electron chi connectivity index (χ0n) is 12.4. The topological polar surface area (TPSA) is 84.1 Å². The van der Waals surface area contributed by atoms with Gasteiger partial charge in [0.05, 0.1) is 12.2 Å². The number of benzene rings is 1. The molecular formula is C16H15ClN4O2. The molecule has 1 aromatic carbocycles. The summed E-state index contributed by atoms with van der Waals surface area (Å²) in [6, 6.07) is 10.8. The van der Waals surface area contributed by atoms with Gasteiger partial charge in [-0.05, 0) is 31.2 Å². The Balaban J connectivity index is 1.80. The molecule has 118 valence electrons. The highest BCUT2D eigenvalue weighted by Gasteiger charge is 2.11. The van der Waals surface area contributed by atoms with Crippen molar-refractivity contribution >= 4 is 17.4 Å². The number of halogens is 1. The van der Waals surface area contributed by atoms with Gasteiger partial charge < -0.3 is 14.9 Å². The monoisotopic (exact) mass is 330 g/mol. The van der Waals surface area contributed by atoms with Gasteiger partial charge in [-0.3, -0.25) is 0 Å². The molecule has 7 heteroatoms. The summed E-state index contributed by atoms with van der Waals surface area (Å²) in [4.78, 5) is 8.63. The summed E-state index contributed by atoms with van der Waals surface area (Å²) in [7, 11) is 0. The second-order valence-corrected chi connectivity index (χ2v) is 5.53. The van der Waals surface area contributed by atoms with Crippen LogP contribution in [0.5, 0.6) is 0 Å². The molecule has 23 heavy (non-hydrogen) atoms. The average molecular weight is 331 g/mol. The molecule has 0 radical (unpaired) electrons.